The van der Waals surface area contributed by atoms with Crippen molar-refractivity contribution in [2.45, 2.75) is 301 Å². The number of allylic oxidation sites excluding steroid dienone is 23. The van der Waals surface area contributed by atoms with E-state index in [-0.39, 0.29) is 19.4 Å². The molecule has 11 heteroatoms. The molecule has 6 N–H and O–H groups in total. The average molecular weight is 1200 g/mol. The molecule has 0 bridgehead atoms. The maximum Gasteiger partial charge on any atom is 0.306 e. The van der Waals surface area contributed by atoms with E-state index >= 15 is 0 Å². The molecule has 0 radical (unpaired) electrons. The van der Waals surface area contributed by atoms with Crippen LogP contribution in [0.1, 0.15) is 252 Å². The van der Waals surface area contributed by atoms with Gasteiger partial charge < -0.3 is 45.1 Å². The summed E-state index contributed by atoms with van der Waals surface area (Å²) in [6.45, 7) is 5.54. The van der Waals surface area contributed by atoms with Crippen LogP contribution in [-0.4, -0.2) is 99.6 Å². The zero-order valence-electron chi connectivity index (χ0n) is 54.1. The summed E-state index contributed by atoms with van der Waals surface area (Å²) in [6.07, 6.45) is 77.3. The molecule has 0 aromatic heterocycles. The highest BCUT2D eigenvalue weighted by molar-refractivity contribution is 5.80. The molecule has 0 saturated carbocycles. The Morgan fingerprint density at radius 1 is 0.465 bits per heavy atom. The zero-order chi connectivity index (χ0) is 62.4. The van der Waals surface area contributed by atoms with Gasteiger partial charge in [0, 0.05) is 6.42 Å². The van der Waals surface area contributed by atoms with Gasteiger partial charge in [0.2, 0.25) is 5.91 Å². The second-order valence-corrected chi connectivity index (χ2v) is 22.8. The molecule has 86 heavy (non-hydrogen) atoms. The summed E-state index contributed by atoms with van der Waals surface area (Å²) < 4.78 is 17.6. The minimum absolute atomic E-state index is 0.0836. The molecule has 0 spiro atoms. The van der Waals surface area contributed by atoms with Crippen LogP contribution in [0.4, 0.5) is 0 Å². The minimum atomic E-state index is -1.64. The van der Waals surface area contributed by atoms with Gasteiger partial charge in [-0.1, -0.05) is 269 Å². The maximum absolute atomic E-state index is 13.5. The number of rotatable bonds is 56. The third kappa shape index (κ3) is 47.6. The number of esters is 1. The fraction of sp³-hybridized carbons (Fsp3) is 0.653. The largest absolute Gasteiger partial charge is 0.454 e. The van der Waals surface area contributed by atoms with Gasteiger partial charge in [0.15, 0.2) is 12.4 Å². The molecule has 1 aliphatic heterocycles. The van der Waals surface area contributed by atoms with Crippen molar-refractivity contribution in [3.63, 3.8) is 0 Å². The molecule has 8 atom stereocenters. The van der Waals surface area contributed by atoms with Crippen LogP contribution in [0.15, 0.2) is 146 Å². The number of nitrogens with one attached hydrogen (secondary N) is 1. The van der Waals surface area contributed by atoms with Crippen LogP contribution in [0.2, 0.25) is 0 Å². The summed E-state index contributed by atoms with van der Waals surface area (Å²) in [5, 5.41) is 57.2. The van der Waals surface area contributed by atoms with Crippen LogP contribution in [0.5, 0.6) is 0 Å². The van der Waals surface area contributed by atoms with Crippen molar-refractivity contribution >= 4 is 11.9 Å². The van der Waals surface area contributed by atoms with Gasteiger partial charge in [-0.2, -0.15) is 0 Å². The van der Waals surface area contributed by atoms with Crippen molar-refractivity contribution < 1.29 is 49.3 Å². The fourth-order valence-electron chi connectivity index (χ4n) is 9.68. The molecule has 1 amide bonds. The SMILES string of the molecule is CC/C=C\C/C=C\C/C=C\C/C=C\C/C=C\C/C=C\CCCCCCC(=O)OC1C(OCC(NC(=O)C(O)CCCCCCCC/C=C\C/C=C\C/C=C\C/C=C\C/C=C\CC)C(O)/C=C/CCCCCCCCCCCC)OC(CO)C(O)C1O. The summed E-state index contributed by atoms with van der Waals surface area (Å²) in [5.41, 5.74) is 0. The Morgan fingerprint density at radius 3 is 1.26 bits per heavy atom. The number of carbonyl (C=O) groups is 2. The number of unbranched alkanes of at least 4 members (excludes halogenated alkanes) is 20. The first-order valence-electron chi connectivity index (χ1n) is 34.1. The van der Waals surface area contributed by atoms with Crippen molar-refractivity contribution in [2.24, 2.45) is 0 Å². The second kappa shape index (κ2) is 60.8. The second-order valence-electron chi connectivity index (χ2n) is 22.8. The van der Waals surface area contributed by atoms with Gasteiger partial charge in [0.05, 0.1) is 25.4 Å². The minimum Gasteiger partial charge on any atom is -0.454 e. The Bertz CT molecular complexity index is 1960. The van der Waals surface area contributed by atoms with Gasteiger partial charge in [-0.05, 0) is 122 Å². The van der Waals surface area contributed by atoms with E-state index in [0.717, 1.165) is 161 Å². The van der Waals surface area contributed by atoms with E-state index in [0.29, 0.717) is 12.8 Å². The van der Waals surface area contributed by atoms with Gasteiger partial charge in [-0.15, -0.1) is 0 Å². The van der Waals surface area contributed by atoms with Gasteiger partial charge in [-0.25, -0.2) is 0 Å². The Morgan fingerprint density at radius 2 is 0.837 bits per heavy atom. The molecule has 1 aliphatic rings. The molecule has 11 nitrogen and oxygen atoms in total. The van der Waals surface area contributed by atoms with Gasteiger partial charge in [0.1, 0.15) is 24.4 Å². The number of hydrogen-bond donors (Lipinski definition) is 6. The molecular weight excluding hydrogens is 1070 g/mol. The smallest absolute Gasteiger partial charge is 0.306 e. The topological polar surface area (TPSA) is 175 Å². The lowest BCUT2D eigenvalue weighted by molar-refractivity contribution is -0.305. The molecule has 1 fully saturated rings. The monoisotopic (exact) mass is 1200 g/mol. The predicted molar refractivity (Wildman–Crippen MR) is 360 cm³/mol. The lowest BCUT2D eigenvalue weighted by Gasteiger charge is -2.41. The van der Waals surface area contributed by atoms with Crippen molar-refractivity contribution in [3.05, 3.63) is 146 Å². The molecule has 0 aromatic rings. The van der Waals surface area contributed by atoms with E-state index < -0.39 is 67.4 Å². The molecule has 488 valence electrons. The predicted octanol–water partition coefficient (Wildman–Crippen LogP) is 17.3. The van der Waals surface area contributed by atoms with Gasteiger partial charge in [-0.3, -0.25) is 9.59 Å². The number of aliphatic hydroxyl groups excluding tert-OH is 5. The Balaban J connectivity index is 2.65. The van der Waals surface area contributed by atoms with Crippen molar-refractivity contribution in [1.82, 2.24) is 5.32 Å². The van der Waals surface area contributed by atoms with E-state index in [4.69, 9.17) is 14.2 Å². The van der Waals surface area contributed by atoms with Crippen molar-refractivity contribution in [2.75, 3.05) is 13.2 Å². The van der Waals surface area contributed by atoms with E-state index in [1.807, 2.05) is 6.08 Å². The Labute approximate surface area is 524 Å². The van der Waals surface area contributed by atoms with Crippen LogP contribution >= 0.6 is 0 Å². The lowest BCUT2D eigenvalue weighted by Crippen LogP contribution is -2.61. The van der Waals surface area contributed by atoms with Crippen molar-refractivity contribution in [3.8, 4) is 0 Å². The normalized spacial score (nSPS) is 19.3. The molecular formula is C75H123NO10. The average Bonchev–Trinajstić information content (AvgIpc) is 3.39. The standard InChI is InChI=1S/C75H123NO10/c1-4-7-10-13-16-19-22-25-27-29-31-33-35-37-39-41-43-45-48-51-54-57-60-63-70(80)86-73-72(82)71(81)69(64-77)85-75(73)84-65-66(67(78)61-58-55-52-49-46-24-21-18-15-12-9-6-3)76-74(83)68(79)62-59-56-53-50-47-44-42-40-38-36-34-32-30-28-26-23-20-17-14-11-8-5-2/h7-8,10-11,16-17,19-20,25-28,31-34,37-40,43,45,58,61,66-69,71-73,75,77-79,81-82H,4-6,9,12-15,18,21-24,29-30,35-36,41-42,44,46-57,59-60,62-65H2,1-3H3,(H,76,83)/b10-7-,11-8-,19-16-,20-17-,27-25-,28-26-,33-31-,34-32-,39-37-,40-38-,45-43-,61-58+. The summed E-state index contributed by atoms with van der Waals surface area (Å²) in [5.74, 6) is -1.24. The summed E-state index contributed by atoms with van der Waals surface area (Å²) in [6, 6.07) is -1.05. The van der Waals surface area contributed by atoms with Crippen LogP contribution in [0, 0.1) is 0 Å². The fourth-order valence-corrected chi connectivity index (χ4v) is 9.68. The number of carbonyl (C=O) groups excluding carboxylic acids is 2. The number of hydrogen-bond acceptors (Lipinski definition) is 10. The summed E-state index contributed by atoms with van der Waals surface area (Å²) >= 11 is 0. The Hall–Kier alpha value is -4.46. The first-order chi connectivity index (χ1) is 42.2. The zero-order valence-corrected chi connectivity index (χ0v) is 54.1. The first-order valence-corrected chi connectivity index (χ1v) is 34.1. The number of aliphatic hydroxyl groups is 5. The summed E-state index contributed by atoms with van der Waals surface area (Å²) in [7, 11) is 0. The van der Waals surface area contributed by atoms with Crippen LogP contribution < -0.4 is 5.32 Å². The highest BCUT2D eigenvalue weighted by Gasteiger charge is 2.47. The summed E-state index contributed by atoms with van der Waals surface area (Å²) in [4.78, 5) is 26.7. The molecule has 0 aromatic carbocycles. The van der Waals surface area contributed by atoms with E-state index in [1.165, 1.54) is 44.9 Å². The molecule has 1 saturated heterocycles. The third-order valence-corrected chi connectivity index (χ3v) is 15.0. The molecule has 1 heterocycles. The Kier molecular flexibility index (Phi) is 56.2. The molecule has 1 rings (SSSR count). The van der Waals surface area contributed by atoms with Crippen molar-refractivity contribution in [1.29, 1.82) is 0 Å². The van der Waals surface area contributed by atoms with E-state index in [1.54, 1.807) is 6.08 Å². The third-order valence-electron chi connectivity index (χ3n) is 15.0. The highest BCUT2D eigenvalue weighted by Crippen LogP contribution is 2.26. The van der Waals surface area contributed by atoms with E-state index in [2.05, 4.69) is 160 Å². The quantitative estimate of drug-likeness (QED) is 0.0195. The van der Waals surface area contributed by atoms with E-state index in [9.17, 15) is 35.1 Å². The van der Waals surface area contributed by atoms with Crippen LogP contribution in [-0.2, 0) is 23.8 Å². The first kappa shape index (κ1) is 79.6. The van der Waals surface area contributed by atoms with Crippen LogP contribution in [0.3, 0.4) is 0 Å². The number of ether oxygens (including phenoxy) is 3. The molecule has 0 aliphatic carbocycles. The molecule has 8 unspecified atom stereocenters. The van der Waals surface area contributed by atoms with Gasteiger partial charge in [0.25, 0.3) is 0 Å². The van der Waals surface area contributed by atoms with Gasteiger partial charge >= 0.3 is 5.97 Å². The lowest BCUT2D eigenvalue weighted by atomic mass is 9.99. The maximum atomic E-state index is 13.5. The van der Waals surface area contributed by atoms with Crippen LogP contribution in [0.25, 0.3) is 0 Å². The number of amides is 1. The highest BCUT2D eigenvalue weighted by atomic mass is 16.7.